The number of ether oxygens (including phenoxy) is 2. The van der Waals surface area contributed by atoms with Crippen LogP contribution in [-0.4, -0.2) is 17.7 Å². The van der Waals surface area contributed by atoms with Crippen LogP contribution in [-0.2, 0) is 4.79 Å². The van der Waals surface area contributed by atoms with Gasteiger partial charge in [-0.25, -0.2) is 4.98 Å². The van der Waals surface area contributed by atoms with Gasteiger partial charge in [-0.3, -0.25) is 4.79 Å². The molecular weight excluding hydrogens is 336 g/mol. The lowest BCUT2D eigenvalue weighted by atomic mass is 10.1. The van der Waals surface area contributed by atoms with Gasteiger partial charge in [0.1, 0.15) is 5.01 Å². The van der Waals surface area contributed by atoms with Crippen molar-refractivity contribution in [1.29, 1.82) is 0 Å². The fraction of sp³-hybridized carbons (Fsp3) is 0.158. The van der Waals surface area contributed by atoms with Crippen molar-refractivity contribution in [2.24, 2.45) is 0 Å². The largest absolute Gasteiger partial charge is 0.454 e. The first-order chi connectivity index (χ1) is 12.2. The molecule has 126 valence electrons. The van der Waals surface area contributed by atoms with Gasteiger partial charge in [0.15, 0.2) is 11.5 Å². The Kier molecular flexibility index (Phi) is 4.11. The van der Waals surface area contributed by atoms with Crippen LogP contribution in [0.4, 0.5) is 0 Å². The zero-order chi connectivity index (χ0) is 17.2. The van der Waals surface area contributed by atoms with E-state index in [4.69, 9.17) is 9.47 Å². The van der Waals surface area contributed by atoms with Crippen LogP contribution in [0, 0.1) is 0 Å². The normalized spacial score (nSPS) is 14.1. The number of carbonyl (C=O) groups is 1. The summed E-state index contributed by atoms with van der Waals surface area (Å²) < 4.78 is 11.8. The lowest BCUT2D eigenvalue weighted by Gasteiger charge is -2.13. The van der Waals surface area contributed by atoms with E-state index in [1.807, 2.05) is 49.4 Å². The Morgan fingerprint density at radius 1 is 1.24 bits per heavy atom. The van der Waals surface area contributed by atoms with E-state index in [1.165, 1.54) is 6.08 Å². The highest BCUT2D eigenvalue weighted by Crippen LogP contribution is 2.34. The molecule has 1 aromatic heterocycles. The summed E-state index contributed by atoms with van der Waals surface area (Å²) in [6.07, 6.45) is 3.26. The zero-order valence-corrected chi connectivity index (χ0v) is 14.4. The molecule has 1 aliphatic rings. The number of aromatic nitrogens is 1. The molecule has 1 amide bonds. The molecule has 25 heavy (non-hydrogen) atoms. The molecule has 2 aromatic carbocycles. The Bertz CT molecular complexity index is 931. The molecule has 1 unspecified atom stereocenters. The summed E-state index contributed by atoms with van der Waals surface area (Å²) in [5, 5.41) is 3.76. The molecule has 2 heterocycles. The summed E-state index contributed by atoms with van der Waals surface area (Å²) >= 11 is 1.56. The highest BCUT2D eigenvalue weighted by molar-refractivity contribution is 7.19. The standard InChI is InChI=1S/C19H16N2O3S/c1-12(13-6-7-15-16(10-13)24-11-23-15)20-18(22)8-9-19-21-14-4-2-3-5-17(14)25-19/h2-10,12H,11H2,1H3,(H,20,22)/b9-8+. The third kappa shape index (κ3) is 3.34. The van der Waals surface area contributed by atoms with Crippen molar-refractivity contribution in [3.05, 3.63) is 59.1 Å². The Hall–Kier alpha value is -2.86. The van der Waals surface area contributed by atoms with Crippen molar-refractivity contribution >= 4 is 33.5 Å². The predicted octanol–water partition coefficient (Wildman–Crippen LogP) is 3.92. The van der Waals surface area contributed by atoms with Crippen LogP contribution >= 0.6 is 11.3 Å². The molecule has 0 radical (unpaired) electrons. The highest BCUT2D eigenvalue weighted by Gasteiger charge is 2.16. The Morgan fingerprint density at radius 3 is 2.96 bits per heavy atom. The molecule has 3 aromatic rings. The summed E-state index contributed by atoms with van der Waals surface area (Å²) in [5.74, 6) is 1.28. The van der Waals surface area contributed by atoms with Crippen LogP contribution in [0.1, 0.15) is 23.5 Å². The molecule has 4 rings (SSSR count). The van der Waals surface area contributed by atoms with Crippen molar-refractivity contribution in [3.8, 4) is 11.5 Å². The molecule has 1 atom stereocenters. The number of thiazole rings is 1. The molecule has 1 aliphatic heterocycles. The van der Waals surface area contributed by atoms with Crippen LogP contribution in [0.2, 0.25) is 0 Å². The maximum Gasteiger partial charge on any atom is 0.244 e. The Labute approximate surface area is 148 Å². The number of carbonyl (C=O) groups excluding carboxylic acids is 1. The van der Waals surface area contributed by atoms with Gasteiger partial charge in [0, 0.05) is 6.08 Å². The van der Waals surface area contributed by atoms with Gasteiger partial charge in [-0.2, -0.15) is 0 Å². The maximum absolute atomic E-state index is 12.2. The van der Waals surface area contributed by atoms with Gasteiger partial charge in [0.05, 0.1) is 16.3 Å². The van der Waals surface area contributed by atoms with E-state index in [-0.39, 0.29) is 18.7 Å². The minimum atomic E-state index is -0.163. The van der Waals surface area contributed by atoms with E-state index in [0.717, 1.165) is 26.5 Å². The summed E-state index contributed by atoms with van der Waals surface area (Å²) in [4.78, 5) is 16.7. The van der Waals surface area contributed by atoms with Crippen molar-refractivity contribution in [2.45, 2.75) is 13.0 Å². The first-order valence-electron chi connectivity index (χ1n) is 7.93. The number of fused-ring (bicyclic) bond motifs is 2. The zero-order valence-electron chi connectivity index (χ0n) is 13.6. The first-order valence-corrected chi connectivity index (χ1v) is 8.74. The smallest absolute Gasteiger partial charge is 0.244 e. The van der Waals surface area contributed by atoms with Gasteiger partial charge in [0.2, 0.25) is 12.7 Å². The van der Waals surface area contributed by atoms with E-state index in [9.17, 15) is 4.79 Å². The van der Waals surface area contributed by atoms with Crippen molar-refractivity contribution in [2.75, 3.05) is 6.79 Å². The third-order valence-corrected chi connectivity index (χ3v) is 4.94. The summed E-state index contributed by atoms with van der Waals surface area (Å²) in [6, 6.07) is 13.5. The third-order valence-electron chi connectivity index (χ3n) is 3.94. The van der Waals surface area contributed by atoms with Gasteiger partial charge in [-0.1, -0.05) is 18.2 Å². The van der Waals surface area contributed by atoms with Crippen molar-refractivity contribution < 1.29 is 14.3 Å². The molecule has 0 aliphatic carbocycles. The van der Waals surface area contributed by atoms with Crippen LogP contribution < -0.4 is 14.8 Å². The van der Waals surface area contributed by atoms with Crippen LogP contribution in [0.5, 0.6) is 11.5 Å². The topological polar surface area (TPSA) is 60.5 Å². The van der Waals surface area contributed by atoms with Gasteiger partial charge >= 0.3 is 0 Å². The van der Waals surface area contributed by atoms with Crippen LogP contribution in [0.3, 0.4) is 0 Å². The molecule has 6 heteroatoms. The Balaban J connectivity index is 1.42. The minimum absolute atomic E-state index is 0.137. The second-order valence-corrected chi connectivity index (χ2v) is 6.76. The lowest BCUT2D eigenvalue weighted by Crippen LogP contribution is -2.24. The predicted molar refractivity (Wildman–Crippen MR) is 97.8 cm³/mol. The average molecular weight is 352 g/mol. The number of hydrogen-bond donors (Lipinski definition) is 1. The van der Waals surface area contributed by atoms with E-state index in [1.54, 1.807) is 17.4 Å². The van der Waals surface area contributed by atoms with Gasteiger partial charge < -0.3 is 14.8 Å². The molecule has 0 fully saturated rings. The van der Waals surface area contributed by atoms with Crippen LogP contribution in [0.25, 0.3) is 16.3 Å². The molecule has 0 spiro atoms. The number of hydrogen-bond acceptors (Lipinski definition) is 5. The maximum atomic E-state index is 12.2. The molecule has 5 nitrogen and oxygen atoms in total. The molecule has 0 bridgehead atoms. The second-order valence-electron chi connectivity index (χ2n) is 5.70. The van der Waals surface area contributed by atoms with Crippen molar-refractivity contribution in [1.82, 2.24) is 10.3 Å². The number of para-hydroxylation sites is 1. The van der Waals surface area contributed by atoms with Crippen LogP contribution in [0.15, 0.2) is 48.5 Å². The summed E-state index contributed by atoms with van der Waals surface area (Å²) in [6.45, 7) is 2.17. The van der Waals surface area contributed by atoms with E-state index in [0.29, 0.717) is 5.75 Å². The van der Waals surface area contributed by atoms with E-state index < -0.39 is 0 Å². The molecule has 0 saturated heterocycles. The Morgan fingerprint density at radius 2 is 2.08 bits per heavy atom. The van der Waals surface area contributed by atoms with Gasteiger partial charge in [0.25, 0.3) is 0 Å². The number of nitrogens with zero attached hydrogens (tertiary/aromatic N) is 1. The number of amides is 1. The SMILES string of the molecule is CC(NC(=O)/C=C/c1nc2ccccc2s1)c1ccc2c(c1)OCO2. The van der Waals surface area contributed by atoms with Crippen molar-refractivity contribution in [3.63, 3.8) is 0 Å². The second kappa shape index (κ2) is 6.57. The first kappa shape index (κ1) is 15.7. The summed E-state index contributed by atoms with van der Waals surface area (Å²) in [7, 11) is 0. The van der Waals surface area contributed by atoms with E-state index in [2.05, 4.69) is 10.3 Å². The highest BCUT2D eigenvalue weighted by atomic mass is 32.1. The lowest BCUT2D eigenvalue weighted by molar-refractivity contribution is -0.117. The van der Waals surface area contributed by atoms with E-state index >= 15 is 0 Å². The number of nitrogens with one attached hydrogen (secondary N) is 1. The molecule has 0 saturated carbocycles. The summed E-state index contributed by atoms with van der Waals surface area (Å²) in [5.41, 5.74) is 1.91. The molecular formula is C19H16N2O3S. The molecule has 1 N–H and O–H groups in total. The minimum Gasteiger partial charge on any atom is -0.454 e. The fourth-order valence-corrected chi connectivity index (χ4v) is 3.51. The number of benzene rings is 2. The monoisotopic (exact) mass is 352 g/mol. The van der Waals surface area contributed by atoms with Gasteiger partial charge in [-0.05, 0) is 42.8 Å². The average Bonchev–Trinajstić information content (AvgIpc) is 3.25. The van der Waals surface area contributed by atoms with Gasteiger partial charge in [-0.15, -0.1) is 11.3 Å². The number of rotatable bonds is 4. The fourth-order valence-electron chi connectivity index (χ4n) is 2.64. The quantitative estimate of drug-likeness (QED) is 0.723.